The van der Waals surface area contributed by atoms with Crippen LogP contribution in [-0.4, -0.2) is 10.8 Å². The fourth-order valence-corrected chi connectivity index (χ4v) is 1.48. The predicted molar refractivity (Wildman–Crippen MR) is 69.9 cm³/mol. The molecule has 0 aromatic heterocycles. The Kier molecular flexibility index (Phi) is 3.33. The van der Waals surface area contributed by atoms with Gasteiger partial charge in [-0.3, -0.25) is 10.1 Å². The maximum absolute atomic E-state index is 10.7. The lowest BCUT2D eigenvalue weighted by Gasteiger charge is -2.01. The number of nitrogens with two attached hydrogens (primary N) is 1. The van der Waals surface area contributed by atoms with Crippen LogP contribution in [0.5, 0.6) is 0 Å². The first-order chi connectivity index (χ1) is 8.66. The number of benzene rings is 2. The van der Waals surface area contributed by atoms with E-state index in [4.69, 9.17) is 5.73 Å². The van der Waals surface area contributed by atoms with E-state index in [1.165, 1.54) is 12.1 Å². The second-order valence-corrected chi connectivity index (χ2v) is 3.64. The molecule has 0 spiro atoms. The Morgan fingerprint density at radius 2 is 1.83 bits per heavy atom. The highest BCUT2D eigenvalue weighted by Crippen LogP contribution is 2.15. The maximum Gasteiger partial charge on any atom is 0.270 e. The van der Waals surface area contributed by atoms with Crippen LogP contribution in [0, 0.1) is 10.1 Å². The van der Waals surface area contributed by atoms with E-state index in [0.717, 1.165) is 0 Å². The SMILES string of the molecule is NC(=Nc1ccccc1)c1cccc([N+](=O)[O-])c1. The predicted octanol–water partition coefficient (Wildman–Crippen LogP) is 2.63. The van der Waals surface area contributed by atoms with Crippen LogP contribution >= 0.6 is 0 Å². The van der Waals surface area contributed by atoms with Gasteiger partial charge in [0.25, 0.3) is 5.69 Å². The van der Waals surface area contributed by atoms with Gasteiger partial charge < -0.3 is 5.73 Å². The number of amidine groups is 1. The minimum atomic E-state index is -0.459. The van der Waals surface area contributed by atoms with Gasteiger partial charge >= 0.3 is 0 Å². The molecule has 5 heteroatoms. The van der Waals surface area contributed by atoms with Crippen molar-refractivity contribution in [2.24, 2.45) is 10.7 Å². The third kappa shape index (κ3) is 2.70. The van der Waals surface area contributed by atoms with Gasteiger partial charge in [0.1, 0.15) is 5.84 Å². The number of para-hydroxylation sites is 1. The number of hydrogen-bond acceptors (Lipinski definition) is 3. The second kappa shape index (κ2) is 5.09. The van der Waals surface area contributed by atoms with E-state index in [2.05, 4.69) is 4.99 Å². The van der Waals surface area contributed by atoms with E-state index in [1.807, 2.05) is 30.3 Å². The van der Waals surface area contributed by atoms with Crippen LogP contribution in [0.15, 0.2) is 59.6 Å². The molecule has 2 rings (SSSR count). The van der Waals surface area contributed by atoms with Gasteiger partial charge in [0.2, 0.25) is 0 Å². The highest BCUT2D eigenvalue weighted by Gasteiger charge is 2.07. The standard InChI is InChI=1S/C13H11N3O2/c14-13(15-11-6-2-1-3-7-11)10-5-4-8-12(9-10)16(17)18/h1-9H,(H2,14,15). The van der Waals surface area contributed by atoms with Crippen molar-refractivity contribution in [2.45, 2.75) is 0 Å². The van der Waals surface area contributed by atoms with Crippen molar-refractivity contribution < 1.29 is 4.92 Å². The van der Waals surface area contributed by atoms with Crippen molar-refractivity contribution >= 4 is 17.2 Å². The van der Waals surface area contributed by atoms with Gasteiger partial charge in [-0.15, -0.1) is 0 Å². The summed E-state index contributed by atoms with van der Waals surface area (Å²) in [5.74, 6) is 0.255. The average molecular weight is 241 g/mol. The summed E-state index contributed by atoms with van der Waals surface area (Å²) >= 11 is 0. The molecule has 0 aliphatic rings. The first-order valence-electron chi connectivity index (χ1n) is 5.31. The second-order valence-electron chi connectivity index (χ2n) is 3.64. The van der Waals surface area contributed by atoms with Crippen LogP contribution in [0.4, 0.5) is 11.4 Å². The zero-order valence-electron chi connectivity index (χ0n) is 9.48. The Hall–Kier alpha value is -2.69. The Bertz CT molecular complexity index is 594. The van der Waals surface area contributed by atoms with Gasteiger partial charge in [-0.1, -0.05) is 30.3 Å². The molecule has 0 saturated carbocycles. The normalized spacial score (nSPS) is 11.2. The Labute approximate surface area is 104 Å². The molecule has 0 heterocycles. The Morgan fingerprint density at radius 3 is 2.50 bits per heavy atom. The van der Waals surface area contributed by atoms with Crippen LogP contribution in [0.1, 0.15) is 5.56 Å². The lowest BCUT2D eigenvalue weighted by Crippen LogP contribution is -2.12. The molecule has 0 aliphatic heterocycles. The third-order valence-corrected chi connectivity index (χ3v) is 2.36. The molecular weight excluding hydrogens is 230 g/mol. The molecule has 2 N–H and O–H groups in total. The van der Waals surface area contributed by atoms with Crippen molar-refractivity contribution in [2.75, 3.05) is 0 Å². The fraction of sp³-hybridized carbons (Fsp3) is 0. The fourth-order valence-electron chi connectivity index (χ4n) is 1.48. The molecule has 0 amide bonds. The van der Waals surface area contributed by atoms with Crippen molar-refractivity contribution in [3.05, 3.63) is 70.3 Å². The summed E-state index contributed by atoms with van der Waals surface area (Å²) in [7, 11) is 0. The van der Waals surface area contributed by atoms with Crippen molar-refractivity contribution in [1.29, 1.82) is 0 Å². The molecule has 2 aromatic carbocycles. The zero-order chi connectivity index (χ0) is 13.0. The average Bonchev–Trinajstić information content (AvgIpc) is 2.40. The molecule has 0 radical (unpaired) electrons. The number of non-ortho nitro benzene ring substituents is 1. The molecule has 0 unspecified atom stereocenters. The highest BCUT2D eigenvalue weighted by molar-refractivity contribution is 5.99. The molecule has 0 aliphatic carbocycles. The van der Waals surface area contributed by atoms with Gasteiger partial charge in [0, 0.05) is 17.7 Å². The van der Waals surface area contributed by atoms with Crippen LogP contribution in [0.25, 0.3) is 0 Å². The minimum absolute atomic E-state index is 0.00119. The van der Waals surface area contributed by atoms with E-state index in [-0.39, 0.29) is 11.5 Å². The monoisotopic (exact) mass is 241 g/mol. The van der Waals surface area contributed by atoms with Crippen LogP contribution in [0.2, 0.25) is 0 Å². The Balaban J connectivity index is 2.34. The number of hydrogen-bond donors (Lipinski definition) is 1. The van der Waals surface area contributed by atoms with E-state index in [1.54, 1.807) is 12.1 Å². The maximum atomic E-state index is 10.7. The first-order valence-corrected chi connectivity index (χ1v) is 5.31. The topological polar surface area (TPSA) is 81.5 Å². The third-order valence-electron chi connectivity index (χ3n) is 2.36. The van der Waals surface area contributed by atoms with Crippen molar-refractivity contribution in [3.63, 3.8) is 0 Å². The van der Waals surface area contributed by atoms with E-state index < -0.39 is 4.92 Å². The smallest absolute Gasteiger partial charge is 0.270 e. The number of nitro benzene ring substituents is 1. The lowest BCUT2D eigenvalue weighted by molar-refractivity contribution is -0.384. The van der Waals surface area contributed by atoms with Gasteiger partial charge in [-0.2, -0.15) is 0 Å². The molecule has 0 bridgehead atoms. The molecule has 5 nitrogen and oxygen atoms in total. The van der Waals surface area contributed by atoms with Crippen LogP contribution < -0.4 is 5.73 Å². The molecule has 2 aromatic rings. The quantitative estimate of drug-likeness (QED) is 0.388. The first kappa shape index (κ1) is 11.8. The lowest BCUT2D eigenvalue weighted by atomic mass is 10.2. The van der Waals surface area contributed by atoms with Gasteiger partial charge in [0.15, 0.2) is 0 Å². The van der Waals surface area contributed by atoms with Gasteiger partial charge in [0.05, 0.1) is 10.6 Å². The molecule has 90 valence electrons. The van der Waals surface area contributed by atoms with Gasteiger partial charge in [-0.25, -0.2) is 4.99 Å². The van der Waals surface area contributed by atoms with E-state index in [0.29, 0.717) is 11.3 Å². The van der Waals surface area contributed by atoms with E-state index in [9.17, 15) is 10.1 Å². The largest absolute Gasteiger partial charge is 0.383 e. The molecule has 0 fully saturated rings. The number of nitro groups is 1. The van der Waals surface area contributed by atoms with Crippen LogP contribution in [-0.2, 0) is 0 Å². The number of aliphatic imine (C=N–C) groups is 1. The number of nitrogens with zero attached hydrogens (tertiary/aromatic N) is 2. The molecular formula is C13H11N3O2. The summed E-state index contributed by atoms with van der Waals surface area (Å²) in [6.07, 6.45) is 0. The minimum Gasteiger partial charge on any atom is -0.383 e. The van der Waals surface area contributed by atoms with Gasteiger partial charge in [-0.05, 0) is 12.1 Å². The van der Waals surface area contributed by atoms with E-state index >= 15 is 0 Å². The number of rotatable bonds is 3. The van der Waals surface area contributed by atoms with Crippen LogP contribution in [0.3, 0.4) is 0 Å². The summed E-state index contributed by atoms with van der Waals surface area (Å²) in [5.41, 5.74) is 7.07. The molecule has 18 heavy (non-hydrogen) atoms. The summed E-state index contributed by atoms with van der Waals surface area (Å²) in [6, 6.07) is 15.3. The van der Waals surface area contributed by atoms with Crippen molar-refractivity contribution in [3.8, 4) is 0 Å². The summed E-state index contributed by atoms with van der Waals surface area (Å²) < 4.78 is 0. The zero-order valence-corrected chi connectivity index (χ0v) is 9.48. The summed E-state index contributed by atoms with van der Waals surface area (Å²) in [5, 5.41) is 10.7. The summed E-state index contributed by atoms with van der Waals surface area (Å²) in [6.45, 7) is 0. The molecule has 0 atom stereocenters. The van der Waals surface area contributed by atoms with Crippen molar-refractivity contribution in [1.82, 2.24) is 0 Å². The molecule has 0 saturated heterocycles. The summed E-state index contributed by atoms with van der Waals surface area (Å²) in [4.78, 5) is 14.4. The Morgan fingerprint density at radius 1 is 1.11 bits per heavy atom. The highest BCUT2D eigenvalue weighted by atomic mass is 16.6.